The molecule has 42 heavy (non-hydrogen) atoms. The number of β-lactam (4-membered cyclic amide) rings is 1. The predicted molar refractivity (Wildman–Crippen MR) is 149 cm³/mol. The Balaban J connectivity index is 1.58. The molecule has 1 unspecified atom stereocenters. The maximum absolute atomic E-state index is 13.8. The van der Waals surface area contributed by atoms with Gasteiger partial charge >= 0.3 is 29.9 Å². The number of primary amides is 1. The lowest BCUT2D eigenvalue weighted by Crippen LogP contribution is -2.78. The molecule has 4 rings (SSSR count). The molecule has 1 aromatic carbocycles. The molecule has 3 heterocycles. The molecule has 0 aromatic heterocycles. The molecule has 0 aliphatic carbocycles. The van der Waals surface area contributed by atoms with Crippen LogP contribution in [0.15, 0.2) is 41.6 Å². The van der Waals surface area contributed by atoms with Gasteiger partial charge in [0.25, 0.3) is 5.91 Å². The number of carboxylic acid groups (broad SMARTS) is 1. The largest absolute Gasteiger partial charge is 0.477 e. The van der Waals surface area contributed by atoms with Crippen molar-refractivity contribution in [2.24, 2.45) is 5.73 Å². The lowest BCUT2D eigenvalue weighted by Gasteiger charge is -2.56. The summed E-state index contributed by atoms with van der Waals surface area (Å²) in [6.07, 6.45) is 0.465. The summed E-state index contributed by atoms with van der Waals surface area (Å²) in [6.45, 7) is 1.65. The summed E-state index contributed by atoms with van der Waals surface area (Å²) in [6, 6.07) is 5.76. The fraction of sp³-hybridized carbons (Fsp3) is 0.400. The van der Waals surface area contributed by atoms with E-state index in [2.05, 4.69) is 10.6 Å². The molecule has 15 nitrogen and oxygen atoms in total. The first-order valence-electron chi connectivity index (χ1n) is 12.6. The Hall–Kier alpha value is -4.25. The number of aliphatic carboxylic acids is 1. The van der Waals surface area contributed by atoms with Gasteiger partial charge in [-0.3, -0.25) is 29.0 Å². The molecule has 0 spiro atoms. The van der Waals surface area contributed by atoms with Crippen molar-refractivity contribution in [1.29, 1.82) is 0 Å². The van der Waals surface area contributed by atoms with Gasteiger partial charge in [0, 0.05) is 31.0 Å². The lowest BCUT2D eigenvalue weighted by molar-refractivity contribution is -0.153. The van der Waals surface area contributed by atoms with Crippen molar-refractivity contribution < 1.29 is 43.4 Å². The number of carbonyl (C=O) groups excluding carboxylic acids is 6. The average molecular weight is 621 g/mol. The summed E-state index contributed by atoms with van der Waals surface area (Å²) in [5.41, 5.74) is 5.13. The molecule has 3 aliphatic rings. The zero-order chi connectivity index (χ0) is 30.8. The normalized spacial score (nSPS) is 22.7. The van der Waals surface area contributed by atoms with Crippen LogP contribution in [0.2, 0.25) is 0 Å². The predicted octanol–water partition coefficient (Wildman–Crippen LogP) is -0.347. The first-order chi connectivity index (χ1) is 20.0. The molecular weight excluding hydrogens is 592 g/mol. The Labute approximate surface area is 248 Å². The molecule has 0 bridgehead atoms. The van der Waals surface area contributed by atoms with Crippen LogP contribution in [0.25, 0.3) is 0 Å². The van der Waals surface area contributed by atoms with Gasteiger partial charge in [0.2, 0.25) is 5.91 Å². The van der Waals surface area contributed by atoms with E-state index in [0.29, 0.717) is 12.1 Å². The Morgan fingerprint density at radius 1 is 1.17 bits per heavy atom. The van der Waals surface area contributed by atoms with E-state index in [1.165, 1.54) is 4.90 Å². The molecular formula is C25H28N6O9S2. The number of piperazine rings is 1. The molecule has 3 atom stereocenters. The number of hydrogen-bond donors (Lipinski definition) is 4. The highest BCUT2D eigenvalue weighted by Crippen LogP contribution is 2.50. The second kappa shape index (κ2) is 12.3. The molecule has 2 saturated heterocycles. The molecule has 224 valence electrons. The average Bonchev–Trinajstić information content (AvgIpc) is 2.98. The zero-order valence-electron chi connectivity index (χ0n) is 22.5. The molecule has 0 saturated carbocycles. The van der Waals surface area contributed by atoms with Crippen LogP contribution in [0.5, 0.6) is 0 Å². The summed E-state index contributed by atoms with van der Waals surface area (Å²) in [5, 5.41) is 14.2. The third-order valence-corrected chi connectivity index (χ3v) is 9.62. The number of amides is 7. The van der Waals surface area contributed by atoms with Gasteiger partial charge in [-0.05, 0) is 18.7 Å². The maximum Gasteiger partial charge on any atom is 0.404 e. The molecule has 7 amide bonds. The van der Waals surface area contributed by atoms with Gasteiger partial charge in [-0.15, -0.1) is 23.5 Å². The van der Waals surface area contributed by atoms with Crippen molar-refractivity contribution in [3.63, 3.8) is 0 Å². The summed E-state index contributed by atoms with van der Waals surface area (Å²) >= 11 is 2.14. The van der Waals surface area contributed by atoms with Crippen molar-refractivity contribution in [2.45, 2.75) is 23.2 Å². The third kappa shape index (κ3) is 5.48. The summed E-state index contributed by atoms with van der Waals surface area (Å²) in [5.74, 6) is -4.75. The number of nitrogens with one attached hydrogen (secondary N) is 2. The van der Waals surface area contributed by atoms with Gasteiger partial charge in [0.15, 0.2) is 4.87 Å². The van der Waals surface area contributed by atoms with Gasteiger partial charge in [0.1, 0.15) is 23.7 Å². The topological polar surface area (TPSA) is 209 Å². The molecule has 1 aromatic rings. The van der Waals surface area contributed by atoms with Crippen molar-refractivity contribution >= 4 is 65.2 Å². The zero-order valence-corrected chi connectivity index (χ0v) is 24.2. The number of likely N-dealkylation sites (N-methyl/N-ethyl adjacent to an activating group) is 1. The number of benzene rings is 1. The Bertz CT molecular complexity index is 1370. The molecule has 17 heteroatoms. The number of nitrogens with two attached hydrogens (primary N) is 1. The summed E-state index contributed by atoms with van der Waals surface area (Å²) in [7, 11) is 0. The molecule has 3 aliphatic heterocycles. The molecule has 5 N–H and O–H groups in total. The van der Waals surface area contributed by atoms with Crippen molar-refractivity contribution in [3.8, 4) is 0 Å². The Morgan fingerprint density at radius 2 is 1.86 bits per heavy atom. The van der Waals surface area contributed by atoms with E-state index in [1.54, 1.807) is 43.5 Å². The van der Waals surface area contributed by atoms with Crippen molar-refractivity contribution in [3.05, 3.63) is 47.2 Å². The first kappa shape index (κ1) is 30.7. The molecule has 2 fully saturated rings. The number of carboxylic acids is 1. The van der Waals surface area contributed by atoms with E-state index in [1.807, 2.05) is 0 Å². The van der Waals surface area contributed by atoms with Crippen molar-refractivity contribution in [1.82, 2.24) is 25.3 Å². The number of hydrogen-bond acceptors (Lipinski definition) is 10. The highest BCUT2D eigenvalue weighted by molar-refractivity contribution is 8.05. The first-order valence-corrected chi connectivity index (χ1v) is 14.9. The maximum atomic E-state index is 13.8. The Morgan fingerprint density at radius 3 is 2.45 bits per heavy atom. The quantitative estimate of drug-likeness (QED) is 0.159. The van der Waals surface area contributed by atoms with Gasteiger partial charge in [-0.1, -0.05) is 30.3 Å². The van der Waals surface area contributed by atoms with E-state index < -0.39 is 64.6 Å². The fourth-order valence-corrected chi connectivity index (χ4v) is 7.38. The number of thioether (sulfide) groups is 2. The van der Waals surface area contributed by atoms with E-state index >= 15 is 0 Å². The number of ether oxygens (including phenoxy) is 1. The summed E-state index contributed by atoms with van der Waals surface area (Å²) in [4.78, 5) is 89.9. The van der Waals surface area contributed by atoms with E-state index in [0.717, 1.165) is 33.3 Å². The van der Waals surface area contributed by atoms with Crippen LogP contribution >= 0.6 is 23.5 Å². The monoisotopic (exact) mass is 620 g/mol. The number of rotatable bonds is 9. The summed E-state index contributed by atoms with van der Waals surface area (Å²) < 4.78 is 4.74. The van der Waals surface area contributed by atoms with Crippen LogP contribution in [0, 0.1) is 0 Å². The molecule has 0 radical (unpaired) electrons. The van der Waals surface area contributed by atoms with Crippen molar-refractivity contribution in [2.75, 3.05) is 38.2 Å². The third-order valence-electron chi connectivity index (χ3n) is 6.93. The Kier molecular flexibility index (Phi) is 9.00. The number of carbonyl (C=O) groups is 7. The van der Waals surface area contributed by atoms with Crippen LogP contribution in [0.4, 0.5) is 9.59 Å². The van der Waals surface area contributed by atoms with Gasteiger partial charge in [-0.25, -0.2) is 14.4 Å². The minimum atomic E-state index is -1.60. The minimum Gasteiger partial charge on any atom is -0.477 e. The van der Waals surface area contributed by atoms with Crippen LogP contribution in [0.1, 0.15) is 18.5 Å². The van der Waals surface area contributed by atoms with Crippen LogP contribution < -0.4 is 16.4 Å². The number of fused-ring (bicyclic) bond motifs is 1. The second-order valence-corrected chi connectivity index (χ2v) is 11.4. The smallest absolute Gasteiger partial charge is 0.404 e. The van der Waals surface area contributed by atoms with Crippen LogP contribution in [0.3, 0.4) is 0 Å². The highest BCUT2D eigenvalue weighted by atomic mass is 32.2. The van der Waals surface area contributed by atoms with E-state index in [4.69, 9.17) is 10.5 Å². The standard InChI is InChI=1S/C25H28N6O9S2/c1-3-29-9-10-30(19(34)18(29)33)24(39)27-15(13-7-5-4-6-8-13)17(32)28-25(41-2)21(37)31-16(20(35)36)14(11-40-23(26)38)12-42-22(25)31/h4-8,15,22H,3,9-12H2,1-2H3,(H2,26,38)(H,27,39)(H,28,32)(H,35,36)/t15?,22-,25-/m0/s1. The second-order valence-electron chi connectivity index (χ2n) is 9.27. The fourth-order valence-electron chi connectivity index (χ4n) is 4.78. The minimum absolute atomic E-state index is 0.0691. The van der Waals surface area contributed by atoms with Crippen LogP contribution in [-0.4, -0.2) is 110 Å². The number of urea groups is 1. The van der Waals surface area contributed by atoms with Crippen LogP contribution in [-0.2, 0) is 28.7 Å². The van der Waals surface area contributed by atoms with E-state index in [9.17, 15) is 38.7 Å². The van der Waals surface area contributed by atoms with E-state index in [-0.39, 0.29) is 30.1 Å². The van der Waals surface area contributed by atoms with Gasteiger partial charge < -0.3 is 31.1 Å². The lowest BCUT2D eigenvalue weighted by atomic mass is 10.00. The highest BCUT2D eigenvalue weighted by Gasteiger charge is 2.65. The SMILES string of the molecule is CCN1CCN(C(=O)NC(C(=O)N[C@]2(SC)C(=O)N3C(C(=O)O)=C(COC(N)=O)CS[C@H]32)c2ccccc2)C(=O)C1=O. The number of nitrogens with zero attached hydrogens (tertiary/aromatic N) is 3. The van der Waals surface area contributed by atoms with Gasteiger partial charge in [0.05, 0.1) is 0 Å². The van der Waals surface area contributed by atoms with Gasteiger partial charge in [-0.2, -0.15) is 0 Å². The number of imide groups is 1.